The monoisotopic (exact) mass is 299 g/mol. The van der Waals surface area contributed by atoms with Crippen molar-refractivity contribution in [2.45, 2.75) is 13.5 Å². The Labute approximate surface area is 119 Å². The van der Waals surface area contributed by atoms with Gasteiger partial charge in [0.1, 0.15) is 0 Å². The fraction of sp³-hybridized carbons (Fsp3) is 0.231. The number of rotatable bonds is 3. The molecule has 1 aromatic heterocycles. The molecule has 0 spiro atoms. The number of aromatic nitrogens is 2. The molecule has 0 saturated carbocycles. The Bertz CT molecular complexity index is 670. The van der Waals surface area contributed by atoms with Crippen LogP contribution in [0, 0.1) is 18.6 Å². The fourth-order valence-corrected chi connectivity index (χ4v) is 2.03. The average molecular weight is 300 g/mol. The predicted molar refractivity (Wildman–Crippen MR) is 70.5 cm³/mol. The van der Waals surface area contributed by atoms with E-state index < -0.39 is 17.5 Å². The third-order valence-electron chi connectivity index (χ3n) is 2.81. The number of amides is 1. The molecule has 0 saturated heterocycles. The summed E-state index contributed by atoms with van der Waals surface area (Å²) in [6, 6.07) is 1.56. The molecule has 20 heavy (non-hydrogen) atoms. The van der Waals surface area contributed by atoms with Gasteiger partial charge >= 0.3 is 0 Å². The molecule has 0 aliphatic heterocycles. The molecular weight excluding hydrogens is 288 g/mol. The zero-order chi connectivity index (χ0) is 14.9. The van der Waals surface area contributed by atoms with E-state index in [0.717, 1.165) is 23.4 Å². The van der Waals surface area contributed by atoms with Crippen LogP contribution in [0.15, 0.2) is 18.3 Å². The molecule has 7 heteroatoms. The van der Waals surface area contributed by atoms with E-state index in [1.165, 1.54) is 0 Å². The van der Waals surface area contributed by atoms with Crippen molar-refractivity contribution in [1.29, 1.82) is 0 Å². The summed E-state index contributed by atoms with van der Waals surface area (Å²) in [5, 5.41) is 6.59. The second-order valence-electron chi connectivity index (χ2n) is 4.34. The van der Waals surface area contributed by atoms with Crippen LogP contribution in [0.5, 0.6) is 0 Å². The van der Waals surface area contributed by atoms with E-state index in [-0.39, 0.29) is 17.1 Å². The maximum atomic E-state index is 13.1. The molecule has 2 rings (SSSR count). The van der Waals surface area contributed by atoms with Gasteiger partial charge in [0.05, 0.1) is 16.3 Å². The summed E-state index contributed by atoms with van der Waals surface area (Å²) in [6.45, 7) is 2.04. The number of carbonyl (C=O) groups excluding carboxylic acids is 1. The molecule has 0 atom stereocenters. The number of nitrogens with one attached hydrogen (secondary N) is 1. The van der Waals surface area contributed by atoms with Crippen LogP contribution in [-0.4, -0.2) is 15.7 Å². The molecule has 1 N–H and O–H groups in total. The summed E-state index contributed by atoms with van der Waals surface area (Å²) in [6.07, 6.45) is 1.77. The Balaban J connectivity index is 2.13. The Hall–Kier alpha value is -1.95. The second-order valence-corrected chi connectivity index (χ2v) is 4.75. The molecule has 0 aliphatic carbocycles. The summed E-state index contributed by atoms with van der Waals surface area (Å²) in [5.74, 6) is -2.77. The molecular formula is C13H12ClF2N3O. The molecule has 1 heterocycles. The predicted octanol–water partition coefficient (Wildman–Crippen LogP) is 2.59. The highest BCUT2D eigenvalue weighted by molar-refractivity contribution is 6.33. The lowest BCUT2D eigenvalue weighted by Gasteiger charge is -2.07. The topological polar surface area (TPSA) is 46.9 Å². The van der Waals surface area contributed by atoms with Gasteiger partial charge in [-0.1, -0.05) is 11.6 Å². The van der Waals surface area contributed by atoms with E-state index in [1.54, 1.807) is 17.9 Å². The van der Waals surface area contributed by atoms with Gasteiger partial charge in [0.25, 0.3) is 5.91 Å². The molecule has 4 nitrogen and oxygen atoms in total. The van der Waals surface area contributed by atoms with Gasteiger partial charge in [0.15, 0.2) is 11.6 Å². The number of carbonyl (C=O) groups is 1. The maximum Gasteiger partial charge on any atom is 0.253 e. The number of nitrogens with zero attached hydrogens (tertiary/aromatic N) is 2. The first-order valence-corrected chi connectivity index (χ1v) is 6.18. The molecule has 0 radical (unpaired) electrons. The summed E-state index contributed by atoms with van der Waals surface area (Å²) in [5.41, 5.74) is 1.51. The normalized spacial score (nSPS) is 10.7. The van der Waals surface area contributed by atoms with Crippen LogP contribution in [0.2, 0.25) is 5.02 Å². The van der Waals surface area contributed by atoms with E-state index in [9.17, 15) is 13.6 Å². The van der Waals surface area contributed by atoms with Gasteiger partial charge in [-0.25, -0.2) is 8.78 Å². The van der Waals surface area contributed by atoms with E-state index in [1.807, 2.05) is 6.92 Å². The highest BCUT2D eigenvalue weighted by Gasteiger charge is 2.15. The van der Waals surface area contributed by atoms with E-state index in [2.05, 4.69) is 10.4 Å². The quantitative estimate of drug-likeness (QED) is 0.886. The lowest BCUT2D eigenvalue weighted by atomic mass is 10.2. The Morgan fingerprint density at radius 1 is 1.40 bits per heavy atom. The van der Waals surface area contributed by atoms with Gasteiger partial charge in [0, 0.05) is 25.4 Å². The van der Waals surface area contributed by atoms with Gasteiger partial charge in [0.2, 0.25) is 0 Å². The molecule has 1 aromatic carbocycles. The first-order valence-electron chi connectivity index (χ1n) is 5.80. The number of hydrogen-bond acceptors (Lipinski definition) is 2. The molecule has 0 unspecified atom stereocenters. The smallest absolute Gasteiger partial charge is 0.253 e. The highest BCUT2D eigenvalue weighted by atomic mass is 35.5. The van der Waals surface area contributed by atoms with Crippen LogP contribution >= 0.6 is 11.6 Å². The lowest BCUT2D eigenvalue weighted by Crippen LogP contribution is -2.23. The van der Waals surface area contributed by atoms with Crippen molar-refractivity contribution in [1.82, 2.24) is 15.1 Å². The summed E-state index contributed by atoms with van der Waals surface area (Å²) in [7, 11) is 1.77. The number of halogens is 3. The van der Waals surface area contributed by atoms with Gasteiger partial charge < -0.3 is 5.32 Å². The Morgan fingerprint density at radius 2 is 2.05 bits per heavy atom. The zero-order valence-electron chi connectivity index (χ0n) is 10.9. The van der Waals surface area contributed by atoms with E-state index in [0.29, 0.717) is 0 Å². The van der Waals surface area contributed by atoms with Crippen LogP contribution in [0.25, 0.3) is 0 Å². The Morgan fingerprint density at radius 3 is 2.65 bits per heavy atom. The molecule has 2 aromatic rings. The number of hydrogen-bond donors (Lipinski definition) is 1. The summed E-state index contributed by atoms with van der Waals surface area (Å²) in [4.78, 5) is 11.9. The van der Waals surface area contributed by atoms with Crippen molar-refractivity contribution in [2.75, 3.05) is 0 Å². The van der Waals surface area contributed by atoms with Crippen LogP contribution in [0.4, 0.5) is 8.78 Å². The van der Waals surface area contributed by atoms with Crippen molar-refractivity contribution < 1.29 is 13.6 Å². The molecule has 0 fully saturated rings. The minimum atomic E-state index is -1.11. The average Bonchev–Trinajstić information content (AvgIpc) is 2.69. The largest absolute Gasteiger partial charge is 0.348 e. The molecule has 0 aliphatic rings. The van der Waals surface area contributed by atoms with Crippen LogP contribution in [0.3, 0.4) is 0 Å². The van der Waals surface area contributed by atoms with Crippen LogP contribution < -0.4 is 5.32 Å². The summed E-state index contributed by atoms with van der Waals surface area (Å²) >= 11 is 5.73. The highest BCUT2D eigenvalue weighted by Crippen LogP contribution is 2.20. The van der Waals surface area contributed by atoms with E-state index in [4.69, 9.17) is 11.6 Å². The first kappa shape index (κ1) is 14.5. The molecule has 1 amide bonds. The summed E-state index contributed by atoms with van der Waals surface area (Å²) < 4.78 is 27.7. The van der Waals surface area contributed by atoms with Crippen molar-refractivity contribution in [3.05, 3.63) is 51.8 Å². The number of aryl methyl sites for hydroxylation is 2. The minimum absolute atomic E-state index is 0.105. The SMILES string of the molecule is Cc1nn(C)cc1CNC(=O)c1cc(F)c(F)cc1Cl. The van der Waals surface area contributed by atoms with Crippen LogP contribution in [-0.2, 0) is 13.6 Å². The maximum absolute atomic E-state index is 13.1. The lowest BCUT2D eigenvalue weighted by molar-refractivity contribution is 0.0950. The third kappa shape index (κ3) is 2.96. The third-order valence-corrected chi connectivity index (χ3v) is 3.12. The van der Waals surface area contributed by atoms with Gasteiger partial charge in [-0.15, -0.1) is 0 Å². The van der Waals surface area contributed by atoms with Gasteiger partial charge in [-0.2, -0.15) is 5.10 Å². The van der Waals surface area contributed by atoms with Crippen molar-refractivity contribution in [3.63, 3.8) is 0 Å². The first-order chi connectivity index (χ1) is 9.38. The minimum Gasteiger partial charge on any atom is -0.348 e. The second kappa shape index (κ2) is 5.58. The van der Waals surface area contributed by atoms with E-state index >= 15 is 0 Å². The molecule has 106 valence electrons. The zero-order valence-corrected chi connectivity index (χ0v) is 11.6. The standard InChI is InChI=1S/C13H12ClF2N3O/c1-7-8(6-19(2)18-7)5-17-13(20)9-3-11(15)12(16)4-10(9)14/h3-4,6H,5H2,1-2H3,(H,17,20). The van der Waals surface area contributed by atoms with Crippen LogP contribution in [0.1, 0.15) is 21.6 Å². The van der Waals surface area contributed by atoms with Crippen molar-refractivity contribution in [3.8, 4) is 0 Å². The molecule has 0 bridgehead atoms. The Kier molecular flexibility index (Phi) is 4.04. The van der Waals surface area contributed by atoms with Crippen molar-refractivity contribution >= 4 is 17.5 Å². The van der Waals surface area contributed by atoms with Gasteiger partial charge in [-0.05, 0) is 19.1 Å². The number of benzene rings is 1. The fourth-order valence-electron chi connectivity index (χ4n) is 1.79. The van der Waals surface area contributed by atoms with Gasteiger partial charge in [-0.3, -0.25) is 9.48 Å². The van der Waals surface area contributed by atoms with Crippen molar-refractivity contribution in [2.24, 2.45) is 7.05 Å².